The van der Waals surface area contributed by atoms with E-state index in [0.29, 0.717) is 37.6 Å². The van der Waals surface area contributed by atoms with E-state index in [4.69, 9.17) is 4.74 Å². The SMILES string of the molecule is CN(C)c1nc(N(C#N)Cc2ccccc2)nc(N2CCOCC2)n1. The topological polar surface area (TPSA) is 81.4 Å². The maximum Gasteiger partial charge on any atom is 0.245 e. The van der Waals surface area contributed by atoms with E-state index >= 15 is 0 Å². The maximum absolute atomic E-state index is 9.60. The molecule has 1 aliphatic rings. The number of nitriles is 1. The maximum atomic E-state index is 9.60. The first kappa shape index (κ1) is 16.9. The molecule has 0 unspecified atom stereocenters. The van der Waals surface area contributed by atoms with Crippen LogP contribution in [0.25, 0.3) is 0 Å². The molecule has 1 aromatic carbocycles. The van der Waals surface area contributed by atoms with Crippen LogP contribution in [0.5, 0.6) is 0 Å². The third-order valence-electron chi connectivity index (χ3n) is 3.84. The van der Waals surface area contributed by atoms with E-state index in [2.05, 4.69) is 26.0 Å². The first-order chi connectivity index (χ1) is 12.2. The molecule has 1 saturated heterocycles. The van der Waals surface area contributed by atoms with Gasteiger partial charge in [-0.3, -0.25) is 0 Å². The zero-order chi connectivity index (χ0) is 17.6. The van der Waals surface area contributed by atoms with E-state index in [0.717, 1.165) is 18.7 Å². The number of aromatic nitrogens is 3. The van der Waals surface area contributed by atoms with Gasteiger partial charge in [-0.05, 0) is 5.56 Å². The number of nitrogens with zero attached hydrogens (tertiary/aromatic N) is 7. The molecule has 0 saturated carbocycles. The minimum atomic E-state index is 0.353. The van der Waals surface area contributed by atoms with Crippen LogP contribution in [0.1, 0.15) is 5.56 Å². The van der Waals surface area contributed by atoms with Crippen LogP contribution in [0.4, 0.5) is 17.8 Å². The summed E-state index contributed by atoms with van der Waals surface area (Å²) in [6.45, 7) is 3.15. The minimum absolute atomic E-state index is 0.353. The van der Waals surface area contributed by atoms with Crippen LogP contribution >= 0.6 is 0 Å². The Balaban J connectivity index is 1.92. The summed E-state index contributed by atoms with van der Waals surface area (Å²) in [5, 5.41) is 9.60. The fourth-order valence-electron chi connectivity index (χ4n) is 2.49. The van der Waals surface area contributed by atoms with Crippen LogP contribution in [0, 0.1) is 11.5 Å². The summed E-state index contributed by atoms with van der Waals surface area (Å²) in [7, 11) is 3.74. The van der Waals surface area contributed by atoms with Crippen molar-refractivity contribution in [2.24, 2.45) is 0 Å². The second-order valence-electron chi connectivity index (χ2n) is 5.90. The monoisotopic (exact) mass is 339 g/mol. The lowest BCUT2D eigenvalue weighted by Gasteiger charge is -2.28. The summed E-state index contributed by atoms with van der Waals surface area (Å²) < 4.78 is 5.39. The van der Waals surface area contributed by atoms with Crippen molar-refractivity contribution in [2.45, 2.75) is 6.54 Å². The Hall–Kier alpha value is -2.92. The van der Waals surface area contributed by atoms with Crippen molar-refractivity contribution >= 4 is 17.8 Å². The molecule has 2 heterocycles. The highest BCUT2D eigenvalue weighted by Crippen LogP contribution is 2.20. The van der Waals surface area contributed by atoms with Crippen molar-refractivity contribution in [1.82, 2.24) is 15.0 Å². The molecule has 8 heteroatoms. The lowest BCUT2D eigenvalue weighted by Crippen LogP contribution is -2.38. The molecule has 0 amide bonds. The summed E-state index contributed by atoms with van der Waals surface area (Å²) >= 11 is 0. The van der Waals surface area contributed by atoms with Crippen molar-refractivity contribution in [3.63, 3.8) is 0 Å². The molecule has 1 aromatic heterocycles. The van der Waals surface area contributed by atoms with Gasteiger partial charge >= 0.3 is 0 Å². The first-order valence-corrected chi connectivity index (χ1v) is 8.14. The van der Waals surface area contributed by atoms with Gasteiger partial charge in [-0.2, -0.15) is 20.2 Å². The number of benzene rings is 1. The quantitative estimate of drug-likeness (QED) is 0.595. The van der Waals surface area contributed by atoms with Crippen molar-refractivity contribution in [3.8, 4) is 6.19 Å². The zero-order valence-corrected chi connectivity index (χ0v) is 14.5. The molecule has 0 atom stereocenters. The fraction of sp³-hybridized carbons (Fsp3) is 0.412. The summed E-state index contributed by atoms with van der Waals surface area (Å²) in [6.07, 6.45) is 2.18. The average molecular weight is 339 g/mol. The van der Waals surface area contributed by atoms with E-state index in [9.17, 15) is 5.26 Å². The van der Waals surface area contributed by atoms with Gasteiger partial charge < -0.3 is 14.5 Å². The van der Waals surface area contributed by atoms with Gasteiger partial charge in [-0.25, -0.2) is 4.90 Å². The Kier molecular flexibility index (Phi) is 5.26. The summed E-state index contributed by atoms with van der Waals surface area (Å²) in [6, 6.07) is 9.79. The fourth-order valence-corrected chi connectivity index (χ4v) is 2.49. The molecule has 0 spiro atoms. The Labute approximate surface area is 147 Å². The van der Waals surface area contributed by atoms with Crippen LogP contribution < -0.4 is 14.7 Å². The Morgan fingerprint density at radius 3 is 2.40 bits per heavy atom. The van der Waals surface area contributed by atoms with Gasteiger partial charge in [0.25, 0.3) is 0 Å². The Morgan fingerprint density at radius 2 is 1.76 bits per heavy atom. The number of rotatable bonds is 5. The highest BCUT2D eigenvalue weighted by atomic mass is 16.5. The van der Waals surface area contributed by atoms with Gasteiger partial charge in [0.05, 0.1) is 19.8 Å². The van der Waals surface area contributed by atoms with Crippen LogP contribution in [-0.4, -0.2) is 55.4 Å². The third-order valence-corrected chi connectivity index (χ3v) is 3.84. The molecule has 1 aliphatic heterocycles. The van der Waals surface area contributed by atoms with Crippen LogP contribution in [0.15, 0.2) is 30.3 Å². The minimum Gasteiger partial charge on any atom is -0.378 e. The van der Waals surface area contributed by atoms with Crippen LogP contribution in [0.3, 0.4) is 0 Å². The normalized spacial score (nSPS) is 14.0. The molecule has 25 heavy (non-hydrogen) atoms. The molecule has 0 radical (unpaired) electrons. The average Bonchev–Trinajstić information content (AvgIpc) is 2.67. The van der Waals surface area contributed by atoms with Gasteiger partial charge in [0, 0.05) is 27.2 Å². The smallest absolute Gasteiger partial charge is 0.245 e. The number of morpholine rings is 1. The number of hydrogen-bond acceptors (Lipinski definition) is 8. The lowest BCUT2D eigenvalue weighted by atomic mass is 10.2. The molecule has 8 nitrogen and oxygen atoms in total. The number of anilines is 3. The summed E-state index contributed by atoms with van der Waals surface area (Å²) in [5.41, 5.74) is 1.02. The molecule has 2 aromatic rings. The van der Waals surface area contributed by atoms with Crippen molar-refractivity contribution in [2.75, 3.05) is 55.1 Å². The molecule has 0 bridgehead atoms. The Morgan fingerprint density at radius 1 is 1.08 bits per heavy atom. The first-order valence-electron chi connectivity index (χ1n) is 8.14. The second-order valence-corrected chi connectivity index (χ2v) is 5.90. The molecule has 130 valence electrons. The van der Waals surface area contributed by atoms with Crippen LogP contribution in [-0.2, 0) is 11.3 Å². The molecule has 0 aliphatic carbocycles. The zero-order valence-electron chi connectivity index (χ0n) is 14.5. The second kappa shape index (κ2) is 7.77. The standard InChI is InChI=1S/C17H21N7O/c1-22(2)15-19-16(23-8-10-25-11-9-23)21-17(20-15)24(13-18)12-14-6-4-3-5-7-14/h3-7H,8-12H2,1-2H3. The molecular formula is C17H21N7O. The molecule has 0 N–H and O–H groups in total. The molecular weight excluding hydrogens is 318 g/mol. The number of hydrogen-bond donors (Lipinski definition) is 0. The van der Waals surface area contributed by atoms with Crippen LogP contribution in [0.2, 0.25) is 0 Å². The van der Waals surface area contributed by atoms with Crippen molar-refractivity contribution < 1.29 is 4.74 Å². The van der Waals surface area contributed by atoms with Gasteiger partial charge in [0.15, 0.2) is 6.19 Å². The van der Waals surface area contributed by atoms with E-state index in [1.807, 2.05) is 49.3 Å². The molecule has 3 rings (SSSR count). The lowest BCUT2D eigenvalue weighted by molar-refractivity contribution is 0.122. The third kappa shape index (κ3) is 4.14. The molecule has 1 fully saturated rings. The predicted octanol–water partition coefficient (Wildman–Crippen LogP) is 1.26. The predicted molar refractivity (Wildman–Crippen MR) is 95.4 cm³/mol. The van der Waals surface area contributed by atoms with Gasteiger partial charge in [-0.1, -0.05) is 30.3 Å². The van der Waals surface area contributed by atoms with E-state index < -0.39 is 0 Å². The van der Waals surface area contributed by atoms with E-state index in [-0.39, 0.29) is 0 Å². The highest BCUT2D eigenvalue weighted by molar-refractivity contribution is 5.48. The van der Waals surface area contributed by atoms with Crippen molar-refractivity contribution in [1.29, 1.82) is 5.26 Å². The Bertz CT molecular complexity index is 738. The highest BCUT2D eigenvalue weighted by Gasteiger charge is 2.20. The van der Waals surface area contributed by atoms with Gasteiger partial charge in [-0.15, -0.1) is 0 Å². The van der Waals surface area contributed by atoms with Crippen molar-refractivity contribution in [3.05, 3.63) is 35.9 Å². The van der Waals surface area contributed by atoms with E-state index in [1.165, 1.54) is 4.90 Å². The van der Waals surface area contributed by atoms with Gasteiger partial charge in [0.1, 0.15) is 0 Å². The van der Waals surface area contributed by atoms with E-state index in [1.54, 1.807) is 0 Å². The largest absolute Gasteiger partial charge is 0.378 e. The van der Waals surface area contributed by atoms with Gasteiger partial charge in [0.2, 0.25) is 17.8 Å². The number of ether oxygens (including phenoxy) is 1. The summed E-state index contributed by atoms with van der Waals surface area (Å²) in [5.74, 6) is 1.46. The summed E-state index contributed by atoms with van der Waals surface area (Å²) in [4.78, 5) is 18.8.